The lowest BCUT2D eigenvalue weighted by Gasteiger charge is -2.38. The zero-order valence-corrected chi connectivity index (χ0v) is 23.1. The fourth-order valence-electron chi connectivity index (χ4n) is 4.95. The highest BCUT2D eigenvalue weighted by atomic mass is 32.2. The van der Waals surface area contributed by atoms with Crippen LogP contribution in [0.1, 0.15) is 61.0 Å². The number of anilines is 1. The molecule has 0 radical (unpaired) electrons. The van der Waals surface area contributed by atoms with E-state index in [1.807, 2.05) is 12.3 Å². The van der Waals surface area contributed by atoms with Crippen molar-refractivity contribution in [2.24, 2.45) is 5.92 Å². The van der Waals surface area contributed by atoms with E-state index < -0.39 is 8.07 Å². The molecule has 33 heavy (non-hydrogen) atoms. The Kier molecular flexibility index (Phi) is 7.75. The van der Waals surface area contributed by atoms with Crippen molar-refractivity contribution in [1.29, 1.82) is 0 Å². The van der Waals surface area contributed by atoms with E-state index in [4.69, 9.17) is 9.72 Å². The van der Waals surface area contributed by atoms with E-state index >= 15 is 0 Å². The van der Waals surface area contributed by atoms with Crippen molar-refractivity contribution in [3.05, 3.63) is 17.8 Å². The van der Waals surface area contributed by atoms with Gasteiger partial charge < -0.3 is 4.74 Å². The maximum Gasteiger partial charge on any atom is 0.415 e. The van der Waals surface area contributed by atoms with Gasteiger partial charge in [-0.25, -0.2) is 19.7 Å². The van der Waals surface area contributed by atoms with Gasteiger partial charge in [-0.1, -0.05) is 73.1 Å². The minimum atomic E-state index is -1.94. The van der Waals surface area contributed by atoms with Gasteiger partial charge in [0.15, 0.2) is 10.8 Å². The van der Waals surface area contributed by atoms with Crippen molar-refractivity contribution in [1.82, 2.24) is 15.0 Å². The molecule has 0 bridgehead atoms. The molecule has 1 fully saturated rings. The molecular weight excluding hydrogens is 448 g/mol. The molecule has 1 unspecified atom stereocenters. The fourth-order valence-corrected chi connectivity index (χ4v) is 10.5. The first-order valence-electron chi connectivity index (χ1n) is 11.7. The van der Waals surface area contributed by atoms with Gasteiger partial charge in [-0.3, -0.25) is 4.90 Å². The third-order valence-corrected chi connectivity index (χ3v) is 13.7. The number of fused-ring (bicyclic) bond motifs is 1. The van der Waals surface area contributed by atoms with Crippen LogP contribution >= 0.6 is 11.8 Å². The van der Waals surface area contributed by atoms with Crippen molar-refractivity contribution in [3.63, 3.8) is 0 Å². The molecule has 1 aliphatic rings. The molecule has 178 valence electrons. The van der Waals surface area contributed by atoms with E-state index in [0.29, 0.717) is 39.8 Å². The SMILES string of the molecule is CSc1ncc2c(C#C[Si](C(C)C)(C(C)C)C(C)C)cc(N3CC(C(C)C)OC3=O)nc2n1. The van der Waals surface area contributed by atoms with Crippen LogP contribution in [0.4, 0.5) is 10.6 Å². The predicted octanol–water partition coefficient (Wildman–Crippen LogP) is 6.30. The standard InChI is InChI=1S/C25H36N4O2SSi/c1-15(2)21-14-29(25(30)31-21)22-12-19(20-13-26-24(32-9)28-23(20)27-22)10-11-33(16(3)4,17(5)6)18(7)8/h12-13,15-18,21H,14H2,1-9H3. The van der Waals surface area contributed by atoms with E-state index in [-0.39, 0.29) is 18.1 Å². The smallest absolute Gasteiger partial charge is 0.415 e. The third-order valence-electron chi connectivity index (χ3n) is 6.85. The lowest BCUT2D eigenvalue weighted by molar-refractivity contribution is 0.116. The summed E-state index contributed by atoms with van der Waals surface area (Å²) in [6.45, 7) is 18.4. The molecule has 3 heterocycles. The average Bonchev–Trinajstić information content (AvgIpc) is 3.14. The first kappa shape index (κ1) is 25.5. The summed E-state index contributed by atoms with van der Waals surface area (Å²) < 4.78 is 5.58. The number of nitrogens with zero attached hydrogens (tertiary/aromatic N) is 4. The summed E-state index contributed by atoms with van der Waals surface area (Å²) in [5.74, 6) is 4.30. The van der Waals surface area contributed by atoms with E-state index in [1.54, 1.807) is 11.1 Å². The highest BCUT2D eigenvalue weighted by Crippen LogP contribution is 2.41. The third kappa shape index (κ3) is 4.90. The predicted molar refractivity (Wildman–Crippen MR) is 139 cm³/mol. The number of carbonyl (C=O) groups is 1. The quantitative estimate of drug-likeness (QED) is 0.207. The first-order valence-corrected chi connectivity index (χ1v) is 15.2. The normalized spacial score (nSPS) is 16.8. The molecule has 0 spiro atoms. The number of pyridine rings is 1. The van der Waals surface area contributed by atoms with Gasteiger partial charge >= 0.3 is 6.09 Å². The maximum atomic E-state index is 12.6. The van der Waals surface area contributed by atoms with Gasteiger partial charge in [0, 0.05) is 11.8 Å². The zero-order chi connectivity index (χ0) is 24.5. The molecule has 1 saturated heterocycles. The van der Waals surface area contributed by atoms with Crippen LogP contribution in [-0.2, 0) is 4.74 Å². The van der Waals surface area contributed by atoms with Crippen molar-refractivity contribution < 1.29 is 9.53 Å². The number of hydrogen-bond donors (Lipinski definition) is 0. The van der Waals surface area contributed by atoms with Gasteiger partial charge in [0.1, 0.15) is 20.0 Å². The molecule has 0 N–H and O–H groups in total. The molecule has 6 nitrogen and oxygen atoms in total. The van der Waals surface area contributed by atoms with Crippen molar-refractivity contribution >= 4 is 42.8 Å². The molecule has 0 aliphatic carbocycles. The highest BCUT2D eigenvalue weighted by Gasteiger charge is 2.42. The van der Waals surface area contributed by atoms with Crippen LogP contribution in [0.2, 0.25) is 16.6 Å². The molecule has 1 atom stereocenters. The number of amides is 1. The fraction of sp³-hybridized carbons (Fsp3) is 0.600. The number of cyclic esters (lactones) is 1. The Balaban J connectivity index is 2.20. The van der Waals surface area contributed by atoms with Gasteiger partial charge in [-0.15, -0.1) is 5.54 Å². The van der Waals surface area contributed by atoms with E-state index in [9.17, 15) is 4.79 Å². The molecule has 0 aromatic carbocycles. The van der Waals surface area contributed by atoms with Crippen LogP contribution in [0.5, 0.6) is 0 Å². The molecule has 1 amide bonds. The van der Waals surface area contributed by atoms with Gasteiger partial charge in [0.25, 0.3) is 0 Å². The second-order valence-electron chi connectivity index (χ2n) is 10.0. The second-order valence-corrected chi connectivity index (χ2v) is 16.4. The van der Waals surface area contributed by atoms with Crippen molar-refractivity contribution in [2.45, 2.75) is 83.3 Å². The van der Waals surface area contributed by atoms with E-state index in [2.05, 4.69) is 76.8 Å². The van der Waals surface area contributed by atoms with Crippen LogP contribution in [0, 0.1) is 17.4 Å². The molecule has 1 aliphatic heterocycles. The summed E-state index contributed by atoms with van der Waals surface area (Å²) in [6, 6.07) is 1.90. The van der Waals surface area contributed by atoms with E-state index in [1.165, 1.54) is 11.8 Å². The van der Waals surface area contributed by atoms with E-state index in [0.717, 1.165) is 10.9 Å². The Labute approximate surface area is 203 Å². The molecule has 2 aromatic heterocycles. The molecule has 8 heteroatoms. The first-order chi connectivity index (χ1) is 15.5. The topological polar surface area (TPSA) is 68.2 Å². The lowest BCUT2D eigenvalue weighted by atomic mass is 10.1. The van der Waals surface area contributed by atoms with Gasteiger partial charge in [-0.05, 0) is 34.9 Å². The Morgan fingerprint density at radius 3 is 2.24 bits per heavy atom. The lowest BCUT2D eigenvalue weighted by Crippen LogP contribution is -2.43. The molecular formula is C25H36N4O2SSi. The van der Waals surface area contributed by atoms with Crippen LogP contribution < -0.4 is 4.90 Å². The number of carbonyl (C=O) groups excluding carboxylic acids is 1. The maximum absolute atomic E-state index is 12.6. The summed E-state index contributed by atoms with van der Waals surface area (Å²) in [5, 5.41) is 1.46. The summed E-state index contributed by atoms with van der Waals surface area (Å²) in [7, 11) is -1.94. The van der Waals surface area contributed by atoms with Gasteiger partial charge in [0.05, 0.1) is 11.9 Å². The van der Waals surface area contributed by atoms with Crippen LogP contribution in [0.25, 0.3) is 11.0 Å². The summed E-state index contributed by atoms with van der Waals surface area (Å²) in [4.78, 5) is 28.1. The second kappa shape index (κ2) is 10.0. The minimum Gasteiger partial charge on any atom is -0.444 e. The zero-order valence-electron chi connectivity index (χ0n) is 21.3. The molecule has 2 aromatic rings. The summed E-state index contributed by atoms with van der Waals surface area (Å²) in [5.41, 5.74) is 6.75. The number of aromatic nitrogens is 3. The number of ether oxygens (including phenoxy) is 1. The Bertz CT molecular complexity index is 1070. The molecule has 3 rings (SSSR count). The van der Waals surface area contributed by atoms with Crippen LogP contribution in [-0.4, -0.2) is 48.0 Å². The Hall–Kier alpha value is -2.11. The number of hydrogen-bond acceptors (Lipinski definition) is 6. The van der Waals surface area contributed by atoms with Crippen LogP contribution in [0.3, 0.4) is 0 Å². The molecule has 0 saturated carbocycles. The number of rotatable bonds is 6. The van der Waals surface area contributed by atoms with Crippen molar-refractivity contribution in [2.75, 3.05) is 17.7 Å². The Morgan fingerprint density at radius 2 is 1.73 bits per heavy atom. The Morgan fingerprint density at radius 1 is 1.09 bits per heavy atom. The number of thioether (sulfide) groups is 1. The monoisotopic (exact) mass is 484 g/mol. The van der Waals surface area contributed by atoms with Crippen molar-refractivity contribution in [3.8, 4) is 11.5 Å². The largest absolute Gasteiger partial charge is 0.444 e. The minimum absolute atomic E-state index is 0.153. The summed E-state index contributed by atoms with van der Waals surface area (Å²) in [6.07, 6.45) is 3.22. The van der Waals surface area contributed by atoms with Crippen LogP contribution in [0.15, 0.2) is 17.4 Å². The van der Waals surface area contributed by atoms with Gasteiger partial charge in [0.2, 0.25) is 0 Å². The highest BCUT2D eigenvalue weighted by molar-refractivity contribution is 7.98. The average molecular weight is 485 g/mol. The van der Waals surface area contributed by atoms with Gasteiger partial charge in [-0.2, -0.15) is 0 Å². The summed E-state index contributed by atoms with van der Waals surface area (Å²) >= 11 is 1.47.